The molecule has 0 radical (unpaired) electrons. The standard InChI is InChI=1S/C52H31N5/c1-3-15-34(16-4-1)44-33-45(35-27-29-37(30-28-35)55-46-23-11-7-19-38(46)39-20-8-12-24-47(39)55)54-52(53-44)57-49-26-14-10-22-41(49)43-32-31-42-40-21-9-13-25-48(40)56(50(42)51(43)57)36-17-5-2-6-18-36/h1,3-5,7-33H. The smallest absolute Gasteiger partial charge is 0.235 e. The highest BCUT2D eigenvalue weighted by atomic mass is 15.2. The molecule has 5 nitrogen and oxygen atoms in total. The highest BCUT2D eigenvalue weighted by Gasteiger charge is 2.23. The minimum atomic E-state index is 0.612. The molecule has 0 amide bonds. The Balaban J connectivity index is 1.13. The number of benzene rings is 7. The third kappa shape index (κ3) is 4.71. The quantitative estimate of drug-likeness (QED) is 0.177. The van der Waals surface area contributed by atoms with E-state index in [1.54, 1.807) is 0 Å². The fourth-order valence-corrected chi connectivity index (χ4v) is 8.88. The molecular formula is C52H31N5. The normalized spacial score (nSPS) is 11.7. The molecule has 0 fully saturated rings. The molecule has 12 aromatic rings. The van der Waals surface area contributed by atoms with E-state index < -0.39 is 0 Å². The number of rotatable bonds is 5. The molecule has 8 aromatic carbocycles. The highest BCUT2D eigenvalue weighted by molar-refractivity contribution is 6.23. The summed E-state index contributed by atoms with van der Waals surface area (Å²) in [5, 5.41) is 7.11. The van der Waals surface area contributed by atoms with Crippen molar-refractivity contribution >= 4 is 65.4 Å². The second-order valence-electron chi connectivity index (χ2n) is 14.5. The average molecular weight is 726 g/mol. The van der Waals surface area contributed by atoms with E-state index in [1.807, 2.05) is 18.2 Å². The van der Waals surface area contributed by atoms with Crippen molar-refractivity contribution in [2.75, 3.05) is 0 Å². The van der Waals surface area contributed by atoms with Crippen LogP contribution in [0.25, 0.3) is 105 Å². The van der Waals surface area contributed by atoms with E-state index in [1.165, 1.54) is 27.2 Å². The first-order valence-corrected chi connectivity index (χ1v) is 19.2. The van der Waals surface area contributed by atoms with Crippen molar-refractivity contribution in [1.29, 1.82) is 0 Å². The van der Waals surface area contributed by atoms with E-state index >= 15 is 0 Å². The maximum absolute atomic E-state index is 5.45. The maximum atomic E-state index is 5.45. The van der Waals surface area contributed by atoms with Gasteiger partial charge in [0.15, 0.2) is 0 Å². The van der Waals surface area contributed by atoms with Gasteiger partial charge in [0, 0.05) is 55.2 Å². The molecule has 0 N–H and O–H groups in total. The Morgan fingerprint density at radius 2 is 0.825 bits per heavy atom. The first kappa shape index (κ1) is 31.4. The topological polar surface area (TPSA) is 40.6 Å². The Morgan fingerprint density at radius 1 is 0.351 bits per heavy atom. The summed E-state index contributed by atoms with van der Waals surface area (Å²) < 4.78 is 6.96. The fourth-order valence-electron chi connectivity index (χ4n) is 8.88. The molecular weight excluding hydrogens is 695 g/mol. The van der Waals surface area contributed by atoms with E-state index in [4.69, 9.17) is 9.97 Å². The van der Waals surface area contributed by atoms with Gasteiger partial charge in [-0.15, -0.1) is 0 Å². The minimum absolute atomic E-state index is 0.612. The van der Waals surface area contributed by atoms with Crippen LogP contribution in [-0.2, 0) is 0 Å². The highest BCUT2D eigenvalue weighted by Crippen LogP contribution is 2.42. The van der Waals surface area contributed by atoms with Crippen LogP contribution < -0.4 is 0 Å². The van der Waals surface area contributed by atoms with Crippen LogP contribution in [0.4, 0.5) is 0 Å². The van der Waals surface area contributed by atoms with Crippen LogP contribution in [0.2, 0.25) is 0 Å². The van der Waals surface area contributed by atoms with E-state index in [0.29, 0.717) is 5.95 Å². The first-order chi connectivity index (χ1) is 28.3. The van der Waals surface area contributed by atoms with Crippen LogP contribution in [0, 0.1) is 12.1 Å². The Labute approximate surface area is 328 Å². The van der Waals surface area contributed by atoms with Crippen molar-refractivity contribution in [3.05, 3.63) is 200 Å². The summed E-state index contributed by atoms with van der Waals surface area (Å²) >= 11 is 0. The van der Waals surface area contributed by atoms with Crippen molar-refractivity contribution < 1.29 is 0 Å². The molecule has 0 aliphatic rings. The SMILES string of the molecule is c1ccc(-n2c3ccccc3c3ccc4c5ccccc5n(-c5nc(-c6ccccc6)cc(-c6ccc(-n7c8ccccc8c8ccccc87)cc6)n5)c4c32)cc#1. The van der Waals surface area contributed by atoms with Gasteiger partial charge in [-0.25, -0.2) is 9.97 Å². The summed E-state index contributed by atoms with van der Waals surface area (Å²) in [6.45, 7) is 0. The van der Waals surface area contributed by atoms with Gasteiger partial charge in [0.05, 0.1) is 50.2 Å². The number of aromatic nitrogens is 5. The van der Waals surface area contributed by atoms with Gasteiger partial charge < -0.3 is 9.13 Å². The van der Waals surface area contributed by atoms with Gasteiger partial charge >= 0.3 is 0 Å². The first-order valence-electron chi connectivity index (χ1n) is 19.2. The third-order valence-electron chi connectivity index (χ3n) is 11.4. The Morgan fingerprint density at radius 3 is 1.39 bits per heavy atom. The molecule has 0 saturated carbocycles. The van der Waals surface area contributed by atoms with Gasteiger partial charge in [-0.05, 0) is 54.6 Å². The van der Waals surface area contributed by atoms with Crippen molar-refractivity contribution in [3.63, 3.8) is 0 Å². The van der Waals surface area contributed by atoms with Gasteiger partial charge in [0.2, 0.25) is 5.95 Å². The van der Waals surface area contributed by atoms with Gasteiger partial charge in [-0.3, -0.25) is 4.57 Å². The molecule has 0 spiro atoms. The van der Waals surface area contributed by atoms with E-state index in [9.17, 15) is 0 Å². The maximum Gasteiger partial charge on any atom is 0.235 e. The van der Waals surface area contributed by atoms with Crippen molar-refractivity contribution in [2.24, 2.45) is 0 Å². The van der Waals surface area contributed by atoms with E-state index in [0.717, 1.165) is 72.1 Å². The van der Waals surface area contributed by atoms with Crippen LogP contribution in [0.5, 0.6) is 0 Å². The Hall–Kier alpha value is -7.94. The van der Waals surface area contributed by atoms with E-state index in [-0.39, 0.29) is 0 Å². The lowest BCUT2D eigenvalue weighted by Gasteiger charge is -2.14. The Kier molecular flexibility index (Phi) is 6.77. The molecule has 12 rings (SSSR count). The summed E-state index contributed by atoms with van der Waals surface area (Å²) in [6.07, 6.45) is 0. The van der Waals surface area contributed by atoms with Crippen LogP contribution >= 0.6 is 0 Å². The second-order valence-corrected chi connectivity index (χ2v) is 14.5. The zero-order valence-electron chi connectivity index (χ0n) is 30.6. The molecule has 0 aliphatic heterocycles. The monoisotopic (exact) mass is 725 g/mol. The predicted octanol–water partition coefficient (Wildman–Crippen LogP) is 12.7. The molecule has 0 saturated heterocycles. The summed E-state index contributed by atoms with van der Waals surface area (Å²) in [5.74, 6) is 0.612. The number of hydrogen-bond donors (Lipinski definition) is 0. The molecule has 264 valence electrons. The van der Waals surface area contributed by atoms with Gasteiger partial charge in [0.25, 0.3) is 0 Å². The number of hydrogen-bond acceptors (Lipinski definition) is 2. The zero-order valence-corrected chi connectivity index (χ0v) is 30.6. The molecule has 4 aromatic heterocycles. The molecule has 0 bridgehead atoms. The molecule has 0 atom stereocenters. The van der Waals surface area contributed by atoms with Crippen LogP contribution in [0.3, 0.4) is 0 Å². The van der Waals surface area contributed by atoms with Gasteiger partial charge in [-0.1, -0.05) is 140 Å². The number of fused-ring (bicyclic) bond motifs is 10. The molecule has 5 heteroatoms. The summed E-state index contributed by atoms with van der Waals surface area (Å²) in [6, 6.07) is 72.6. The van der Waals surface area contributed by atoms with Gasteiger partial charge in [-0.2, -0.15) is 0 Å². The number of nitrogens with zero attached hydrogens (tertiary/aromatic N) is 5. The Bertz CT molecular complexity index is 3450. The fraction of sp³-hybridized carbons (Fsp3) is 0. The van der Waals surface area contributed by atoms with Crippen molar-refractivity contribution in [2.45, 2.75) is 0 Å². The summed E-state index contributed by atoms with van der Waals surface area (Å²) in [4.78, 5) is 10.8. The van der Waals surface area contributed by atoms with Crippen molar-refractivity contribution in [3.8, 4) is 39.8 Å². The largest absolute Gasteiger partial charge is 0.309 e. The second kappa shape index (κ2) is 12.3. The van der Waals surface area contributed by atoms with Crippen LogP contribution in [-0.4, -0.2) is 23.7 Å². The van der Waals surface area contributed by atoms with E-state index in [2.05, 4.69) is 196 Å². The lowest BCUT2D eigenvalue weighted by molar-refractivity contribution is 0.995. The molecule has 0 unspecified atom stereocenters. The molecule has 0 aliphatic carbocycles. The van der Waals surface area contributed by atoms with Crippen molar-refractivity contribution in [1.82, 2.24) is 23.7 Å². The van der Waals surface area contributed by atoms with Crippen LogP contribution in [0.15, 0.2) is 188 Å². The van der Waals surface area contributed by atoms with Gasteiger partial charge in [0.1, 0.15) is 0 Å². The average Bonchev–Trinajstić information content (AvgIpc) is 3.93. The third-order valence-corrected chi connectivity index (χ3v) is 11.4. The lowest BCUT2D eigenvalue weighted by atomic mass is 10.1. The summed E-state index contributed by atoms with van der Waals surface area (Å²) in [7, 11) is 0. The molecule has 57 heavy (non-hydrogen) atoms. The zero-order chi connectivity index (χ0) is 37.5. The summed E-state index contributed by atoms with van der Waals surface area (Å²) in [5.41, 5.74) is 12.5. The number of para-hydroxylation sites is 4. The molecule has 4 heterocycles. The lowest BCUT2D eigenvalue weighted by Crippen LogP contribution is -2.05. The predicted molar refractivity (Wildman–Crippen MR) is 234 cm³/mol. The minimum Gasteiger partial charge on any atom is -0.309 e. The van der Waals surface area contributed by atoms with Crippen LogP contribution in [0.1, 0.15) is 0 Å².